The zero-order valence-corrected chi connectivity index (χ0v) is 15.3. The minimum absolute atomic E-state index is 0.115. The average Bonchev–Trinajstić information content (AvgIpc) is 3.22. The molecule has 2 fully saturated rings. The second-order valence-electron chi connectivity index (χ2n) is 6.89. The van der Waals surface area contributed by atoms with Gasteiger partial charge >= 0.3 is 12.1 Å². The maximum Gasteiger partial charge on any atom is 0.433 e. The summed E-state index contributed by atoms with van der Waals surface area (Å²) in [6.45, 7) is 2.82. The molecule has 0 amide bonds. The first kappa shape index (κ1) is 19.9. The molecule has 1 aliphatic heterocycles. The highest BCUT2D eigenvalue weighted by Crippen LogP contribution is 2.46. The topological polar surface area (TPSA) is 71.8 Å². The van der Waals surface area contributed by atoms with Gasteiger partial charge in [0.15, 0.2) is 5.79 Å². The van der Waals surface area contributed by atoms with Crippen molar-refractivity contribution in [3.8, 4) is 5.88 Å². The lowest BCUT2D eigenvalue weighted by Gasteiger charge is -2.41. The van der Waals surface area contributed by atoms with Gasteiger partial charge < -0.3 is 18.9 Å². The Morgan fingerprint density at radius 3 is 2.41 bits per heavy atom. The molecule has 0 radical (unpaired) electrons. The fourth-order valence-corrected chi connectivity index (χ4v) is 3.58. The second-order valence-corrected chi connectivity index (χ2v) is 6.89. The Morgan fingerprint density at radius 2 is 1.89 bits per heavy atom. The summed E-state index contributed by atoms with van der Waals surface area (Å²) in [4.78, 5) is 12.6. The Labute approximate surface area is 154 Å². The Balaban J connectivity index is 1.72. The number of aryl methyl sites for hydroxylation is 1. The number of aromatic nitrogens is 2. The van der Waals surface area contributed by atoms with Gasteiger partial charge in [0.1, 0.15) is 17.7 Å². The Morgan fingerprint density at radius 1 is 1.26 bits per heavy atom. The molecule has 1 aromatic heterocycles. The van der Waals surface area contributed by atoms with Crippen molar-refractivity contribution in [2.75, 3.05) is 26.4 Å². The van der Waals surface area contributed by atoms with Gasteiger partial charge in [-0.05, 0) is 19.8 Å². The lowest BCUT2D eigenvalue weighted by atomic mass is 9.72. The number of hydrogen-bond donors (Lipinski definition) is 0. The van der Waals surface area contributed by atoms with Crippen LogP contribution in [-0.2, 0) is 32.2 Å². The largest absolute Gasteiger partial charge is 0.475 e. The number of halogens is 3. The highest BCUT2D eigenvalue weighted by Gasteiger charge is 2.51. The van der Waals surface area contributed by atoms with Gasteiger partial charge in [-0.1, -0.05) is 0 Å². The van der Waals surface area contributed by atoms with E-state index in [1.165, 1.54) is 7.05 Å². The Hall–Kier alpha value is -1.81. The molecule has 0 unspecified atom stereocenters. The molecule has 1 spiro atoms. The molecule has 2 heterocycles. The molecule has 152 valence electrons. The van der Waals surface area contributed by atoms with Crippen LogP contribution in [0.3, 0.4) is 0 Å². The van der Waals surface area contributed by atoms with Crippen LogP contribution in [0.5, 0.6) is 5.88 Å². The zero-order chi connectivity index (χ0) is 19.7. The van der Waals surface area contributed by atoms with Crippen LogP contribution < -0.4 is 4.74 Å². The summed E-state index contributed by atoms with van der Waals surface area (Å²) in [7, 11) is 1.19. The standard InChI is InChI=1S/C17H23F3N2O5/c1-3-24-14(23)15(4-6-16(7-5-15)26-8-9-27-16)11-25-13-10-12(17(18,19)20)22(2)21-13/h10H,3-9,11H2,1-2H3. The molecule has 1 saturated carbocycles. The smallest absolute Gasteiger partial charge is 0.433 e. The van der Waals surface area contributed by atoms with E-state index < -0.39 is 29.0 Å². The van der Waals surface area contributed by atoms with E-state index in [1.54, 1.807) is 6.92 Å². The molecular formula is C17H23F3N2O5. The fourth-order valence-electron chi connectivity index (χ4n) is 3.58. The molecular weight excluding hydrogens is 369 g/mol. The highest BCUT2D eigenvalue weighted by molar-refractivity contribution is 5.77. The minimum Gasteiger partial charge on any atom is -0.475 e. The molecule has 0 aromatic carbocycles. The van der Waals surface area contributed by atoms with E-state index in [9.17, 15) is 18.0 Å². The number of alkyl halides is 3. The Bertz CT molecular complexity index is 673. The fraction of sp³-hybridized carbons (Fsp3) is 0.765. The van der Waals surface area contributed by atoms with Gasteiger partial charge in [0, 0.05) is 26.0 Å². The first-order valence-electron chi connectivity index (χ1n) is 8.89. The lowest BCUT2D eigenvalue weighted by Crippen LogP contribution is -2.47. The molecule has 1 aliphatic carbocycles. The van der Waals surface area contributed by atoms with Crippen molar-refractivity contribution in [1.29, 1.82) is 0 Å². The van der Waals surface area contributed by atoms with E-state index in [-0.39, 0.29) is 19.1 Å². The first-order chi connectivity index (χ1) is 12.7. The predicted molar refractivity (Wildman–Crippen MR) is 85.9 cm³/mol. The van der Waals surface area contributed by atoms with Crippen LogP contribution in [-0.4, -0.2) is 48.0 Å². The molecule has 1 saturated heterocycles. The summed E-state index contributed by atoms with van der Waals surface area (Å²) in [5.74, 6) is -1.28. The van der Waals surface area contributed by atoms with E-state index in [0.717, 1.165) is 6.07 Å². The van der Waals surface area contributed by atoms with Gasteiger partial charge in [-0.3, -0.25) is 9.48 Å². The van der Waals surface area contributed by atoms with Crippen LogP contribution in [0, 0.1) is 5.41 Å². The molecule has 7 nitrogen and oxygen atoms in total. The molecule has 0 bridgehead atoms. The maximum atomic E-state index is 12.9. The van der Waals surface area contributed by atoms with Gasteiger partial charge in [-0.15, -0.1) is 5.10 Å². The van der Waals surface area contributed by atoms with Crippen molar-refractivity contribution in [2.24, 2.45) is 12.5 Å². The quantitative estimate of drug-likeness (QED) is 0.718. The molecule has 0 atom stereocenters. The zero-order valence-electron chi connectivity index (χ0n) is 15.3. The molecule has 1 aromatic rings. The number of ether oxygens (including phenoxy) is 4. The predicted octanol–water partition coefficient (Wildman–Crippen LogP) is 2.68. The lowest BCUT2D eigenvalue weighted by molar-refractivity contribution is -0.202. The van der Waals surface area contributed by atoms with Crippen molar-refractivity contribution in [2.45, 2.75) is 44.6 Å². The van der Waals surface area contributed by atoms with Gasteiger partial charge in [-0.2, -0.15) is 13.2 Å². The van der Waals surface area contributed by atoms with Crippen molar-refractivity contribution in [3.05, 3.63) is 11.8 Å². The summed E-state index contributed by atoms with van der Waals surface area (Å²) in [5.41, 5.74) is -1.88. The van der Waals surface area contributed by atoms with Crippen LogP contribution in [0.1, 0.15) is 38.3 Å². The van der Waals surface area contributed by atoms with E-state index in [1.807, 2.05) is 0 Å². The van der Waals surface area contributed by atoms with Gasteiger partial charge in [-0.25, -0.2) is 0 Å². The first-order valence-corrected chi connectivity index (χ1v) is 8.89. The SMILES string of the molecule is CCOC(=O)C1(COc2cc(C(F)(F)F)n(C)n2)CCC2(CC1)OCCO2. The van der Waals surface area contributed by atoms with Crippen LogP contribution in [0.25, 0.3) is 0 Å². The summed E-state index contributed by atoms with van der Waals surface area (Å²) in [6, 6.07) is 0.826. The number of rotatable bonds is 5. The van der Waals surface area contributed by atoms with E-state index >= 15 is 0 Å². The third-order valence-corrected chi connectivity index (χ3v) is 5.14. The summed E-state index contributed by atoms with van der Waals surface area (Å²) in [5, 5.41) is 3.74. The van der Waals surface area contributed by atoms with Crippen LogP contribution >= 0.6 is 0 Å². The third kappa shape index (κ3) is 4.06. The van der Waals surface area contributed by atoms with Crippen LogP contribution in [0.4, 0.5) is 13.2 Å². The number of nitrogens with zero attached hydrogens (tertiary/aromatic N) is 2. The molecule has 2 aliphatic rings. The number of carbonyl (C=O) groups is 1. The molecule has 27 heavy (non-hydrogen) atoms. The normalized spacial score (nSPS) is 21.4. The monoisotopic (exact) mass is 392 g/mol. The van der Waals surface area contributed by atoms with Crippen molar-refractivity contribution < 1.29 is 36.9 Å². The van der Waals surface area contributed by atoms with E-state index in [0.29, 0.717) is 43.6 Å². The van der Waals surface area contributed by atoms with Crippen LogP contribution in [0.2, 0.25) is 0 Å². The second kappa shape index (κ2) is 7.31. The summed E-state index contributed by atoms with van der Waals surface area (Å²) < 4.78 is 61.5. The third-order valence-electron chi connectivity index (χ3n) is 5.14. The van der Waals surface area contributed by atoms with E-state index in [2.05, 4.69) is 5.10 Å². The van der Waals surface area contributed by atoms with Gasteiger partial charge in [0.25, 0.3) is 0 Å². The van der Waals surface area contributed by atoms with Crippen molar-refractivity contribution in [3.63, 3.8) is 0 Å². The molecule has 3 rings (SSSR count). The number of esters is 1. The van der Waals surface area contributed by atoms with Gasteiger partial charge in [0.05, 0.1) is 19.8 Å². The molecule has 10 heteroatoms. The maximum absolute atomic E-state index is 12.9. The van der Waals surface area contributed by atoms with Gasteiger partial charge in [0.2, 0.25) is 5.88 Å². The summed E-state index contributed by atoms with van der Waals surface area (Å²) >= 11 is 0. The van der Waals surface area contributed by atoms with Crippen molar-refractivity contribution >= 4 is 5.97 Å². The molecule has 0 N–H and O–H groups in total. The Kier molecular flexibility index (Phi) is 5.40. The van der Waals surface area contributed by atoms with Crippen LogP contribution in [0.15, 0.2) is 6.07 Å². The highest BCUT2D eigenvalue weighted by atomic mass is 19.4. The van der Waals surface area contributed by atoms with Crippen molar-refractivity contribution in [1.82, 2.24) is 9.78 Å². The minimum atomic E-state index is -4.53. The number of hydrogen-bond acceptors (Lipinski definition) is 6. The summed E-state index contributed by atoms with van der Waals surface area (Å²) in [6.07, 6.45) is -2.76. The number of carbonyl (C=O) groups excluding carboxylic acids is 1. The van der Waals surface area contributed by atoms with E-state index in [4.69, 9.17) is 18.9 Å². The average molecular weight is 392 g/mol.